The van der Waals surface area contributed by atoms with E-state index in [1.54, 1.807) is 12.2 Å². The lowest BCUT2D eigenvalue weighted by molar-refractivity contribution is -0.220. The quantitative estimate of drug-likeness (QED) is 0.550. The number of fused-ring (bicyclic) bond motifs is 2. The highest BCUT2D eigenvalue weighted by atomic mass is 16.7. The molecule has 2 fully saturated rings. The van der Waals surface area contributed by atoms with Crippen molar-refractivity contribution in [1.82, 2.24) is 0 Å². The van der Waals surface area contributed by atoms with Crippen LogP contribution in [0.4, 0.5) is 0 Å². The van der Waals surface area contributed by atoms with Gasteiger partial charge in [0.2, 0.25) is 0 Å². The number of ether oxygens (including phenoxy) is 4. The van der Waals surface area contributed by atoms with Crippen LogP contribution in [0.15, 0.2) is 12.2 Å². The van der Waals surface area contributed by atoms with E-state index in [4.69, 9.17) is 18.9 Å². The molecule has 146 valence electrons. The Hall–Kier alpha value is -1.40. The van der Waals surface area contributed by atoms with Crippen molar-refractivity contribution in [3.8, 4) is 0 Å². The average molecular weight is 366 g/mol. The topological polar surface area (TPSA) is 71.1 Å². The Balaban J connectivity index is 1.67. The third kappa shape index (κ3) is 3.67. The van der Waals surface area contributed by atoms with Gasteiger partial charge in [-0.25, -0.2) is 0 Å². The van der Waals surface area contributed by atoms with Gasteiger partial charge in [0.1, 0.15) is 18.8 Å². The molecule has 0 saturated heterocycles. The van der Waals surface area contributed by atoms with Crippen LogP contribution in [0.3, 0.4) is 0 Å². The first kappa shape index (κ1) is 19.4. The van der Waals surface area contributed by atoms with Crippen molar-refractivity contribution in [2.75, 3.05) is 6.61 Å². The van der Waals surface area contributed by atoms with Crippen LogP contribution < -0.4 is 0 Å². The zero-order valence-electron chi connectivity index (χ0n) is 16.3. The van der Waals surface area contributed by atoms with Crippen molar-refractivity contribution >= 4 is 11.9 Å². The summed E-state index contributed by atoms with van der Waals surface area (Å²) in [6.45, 7) is 9.65. The van der Waals surface area contributed by atoms with Gasteiger partial charge in [-0.1, -0.05) is 20.8 Å². The van der Waals surface area contributed by atoms with Gasteiger partial charge in [-0.3, -0.25) is 9.59 Å². The maximum atomic E-state index is 11.3. The van der Waals surface area contributed by atoms with Gasteiger partial charge in [0, 0.05) is 13.8 Å². The van der Waals surface area contributed by atoms with Gasteiger partial charge < -0.3 is 18.9 Å². The number of carbonyl (C=O) groups is 2. The van der Waals surface area contributed by atoms with E-state index in [0.717, 1.165) is 0 Å². The number of hydrogen-bond donors (Lipinski definition) is 0. The fourth-order valence-corrected chi connectivity index (χ4v) is 5.21. The molecule has 0 aromatic heterocycles. The second-order valence-corrected chi connectivity index (χ2v) is 8.38. The van der Waals surface area contributed by atoms with Crippen molar-refractivity contribution in [1.29, 1.82) is 0 Å². The minimum atomic E-state index is -0.583. The van der Waals surface area contributed by atoms with Crippen LogP contribution in [-0.4, -0.2) is 43.1 Å². The molecule has 0 spiro atoms. The summed E-state index contributed by atoms with van der Waals surface area (Å²) in [5, 5.41) is 0. The standard InChI is InChI=1S/C20H30O6/c1-11-14-6-7-15(20(14,4)5)19(11)26-18-9-8-16(24-13(3)22)17(25-18)10-23-12(2)21/h8-9,11,14-19H,6-7,10H2,1-5H3/t11-,14-,15+,16-,17+,18+,19+/m0/s1. The molecule has 0 amide bonds. The van der Waals surface area contributed by atoms with E-state index in [9.17, 15) is 9.59 Å². The van der Waals surface area contributed by atoms with Crippen LogP contribution in [0.2, 0.25) is 0 Å². The molecule has 3 rings (SSSR count). The summed E-state index contributed by atoms with van der Waals surface area (Å²) in [4.78, 5) is 22.4. The van der Waals surface area contributed by atoms with Crippen molar-refractivity contribution in [3.63, 3.8) is 0 Å². The largest absolute Gasteiger partial charge is 0.463 e. The molecule has 2 saturated carbocycles. The first-order valence-corrected chi connectivity index (χ1v) is 9.50. The van der Waals surface area contributed by atoms with Crippen LogP contribution in [0, 0.1) is 23.2 Å². The average Bonchev–Trinajstić information content (AvgIpc) is 2.93. The van der Waals surface area contributed by atoms with Gasteiger partial charge in [-0.2, -0.15) is 0 Å². The second kappa shape index (κ2) is 7.31. The molecule has 1 heterocycles. The fourth-order valence-electron chi connectivity index (χ4n) is 5.21. The van der Waals surface area contributed by atoms with Crippen LogP contribution >= 0.6 is 0 Å². The number of esters is 2. The molecule has 6 nitrogen and oxygen atoms in total. The third-order valence-corrected chi connectivity index (χ3v) is 6.43. The molecule has 0 N–H and O–H groups in total. The maximum absolute atomic E-state index is 11.3. The molecule has 7 atom stereocenters. The lowest BCUT2D eigenvalue weighted by Crippen LogP contribution is -2.44. The van der Waals surface area contributed by atoms with Gasteiger partial charge in [-0.05, 0) is 48.2 Å². The van der Waals surface area contributed by atoms with Crippen LogP contribution in [0.1, 0.15) is 47.5 Å². The monoisotopic (exact) mass is 366 g/mol. The first-order valence-electron chi connectivity index (χ1n) is 9.50. The third-order valence-electron chi connectivity index (χ3n) is 6.43. The second-order valence-electron chi connectivity index (χ2n) is 8.38. The Kier molecular flexibility index (Phi) is 5.45. The molecule has 2 bridgehead atoms. The first-order chi connectivity index (χ1) is 12.2. The Morgan fingerprint density at radius 3 is 2.38 bits per heavy atom. The van der Waals surface area contributed by atoms with Crippen molar-refractivity contribution in [2.45, 2.75) is 72.1 Å². The molecule has 0 aromatic carbocycles. The summed E-state index contributed by atoms with van der Waals surface area (Å²) >= 11 is 0. The Morgan fingerprint density at radius 2 is 1.81 bits per heavy atom. The minimum absolute atomic E-state index is 0.0231. The zero-order chi connectivity index (χ0) is 19.1. The Morgan fingerprint density at radius 1 is 1.12 bits per heavy atom. The fraction of sp³-hybridized carbons (Fsp3) is 0.800. The van der Waals surface area contributed by atoms with E-state index < -0.39 is 30.4 Å². The summed E-state index contributed by atoms with van der Waals surface area (Å²) in [6, 6.07) is 0. The molecular formula is C20H30O6. The van der Waals surface area contributed by atoms with Crippen molar-refractivity contribution < 1.29 is 28.5 Å². The van der Waals surface area contributed by atoms with Crippen LogP contribution in [0.5, 0.6) is 0 Å². The number of rotatable bonds is 5. The van der Waals surface area contributed by atoms with E-state index in [1.807, 2.05) is 0 Å². The summed E-state index contributed by atoms with van der Waals surface area (Å²) in [5.41, 5.74) is 0.292. The molecule has 6 heteroatoms. The molecule has 2 aliphatic carbocycles. The molecule has 0 radical (unpaired) electrons. The Bertz CT molecular complexity index is 583. The van der Waals surface area contributed by atoms with Gasteiger partial charge in [0.05, 0.1) is 6.10 Å². The highest BCUT2D eigenvalue weighted by Crippen LogP contribution is 2.61. The molecule has 26 heavy (non-hydrogen) atoms. The van der Waals surface area contributed by atoms with Gasteiger partial charge >= 0.3 is 11.9 Å². The predicted octanol–water partition coefficient (Wildman–Crippen LogP) is 2.85. The molecule has 0 unspecified atom stereocenters. The molecule has 1 aliphatic heterocycles. The number of carbonyl (C=O) groups excluding carboxylic acids is 2. The normalized spacial score (nSPS) is 40.4. The lowest BCUT2D eigenvalue weighted by atomic mass is 9.80. The van der Waals surface area contributed by atoms with Crippen molar-refractivity contribution in [3.05, 3.63) is 12.2 Å². The van der Waals surface area contributed by atoms with Crippen LogP contribution in [0.25, 0.3) is 0 Å². The molecule has 3 aliphatic rings. The minimum Gasteiger partial charge on any atom is -0.463 e. The van der Waals surface area contributed by atoms with Crippen molar-refractivity contribution in [2.24, 2.45) is 23.2 Å². The highest BCUT2D eigenvalue weighted by molar-refractivity contribution is 5.66. The molecule has 0 aromatic rings. The Labute approximate surface area is 155 Å². The predicted molar refractivity (Wildman–Crippen MR) is 94.0 cm³/mol. The number of hydrogen-bond acceptors (Lipinski definition) is 6. The summed E-state index contributed by atoms with van der Waals surface area (Å²) in [7, 11) is 0. The van der Waals surface area contributed by atoms with E-state index in [1.165, 1.54) is 26.7 Å². The smallest absolute Gasteiger partial charge is 0.303 e. The van der Waals surface area contributed by atoms with Crippen LogP contribution in [-0.2, 0) is 28.5 Å². The van der Waals surface area contributed by atoms with Gasteiger partial charge in [-0.15, -0.1) is 0 Å². The van der Waals surface area contributed by atoms with E-state index in [0.29, 0.717) is 23.2 Å². The zero-order valence-corrected chi connectivity index (χ0v) is 16.3. The SMILES string of the molecule is CC(=O)OC[C@H]1O[C@H](O[C@@H]2[C@@H](C)[C@@H]3CC[C@H]2C3(C)C)C=C[C@@H]1OC(C)=O. The van der Waals surface area contributed by atoms with Gasteiger partial charge in [0.25, 0.3) is 0 Å². The lowest BCUT2D eigenvalue weighted by Gasteiger charge is -2.36. The molecular weight excluding hydrogens is 336 g/mol. The van der Waals surface area contributed by atoms with E-state index in [2.05, 4.69) is 20.8 Å². The maximum Gasteiger partial charge on any atom is 0.303 e. The summed E-state index contributed by atoms with van der Waals surface area (Å²) in [6.07, 6.45) is 4.50. The highest BCUT2D eigenvalue weighted by Gasteiger charge is 2.58. The van der Waals surface area contributed by atoms with Gasteiger partial charge in [0.15, 0.2) is 6.29 Å². The summed E-state index contributed by atoms with van der Waals surface area (Å²) < 4.78 is 22.6. The summed E-state index contributed by atoms with van der Waals surface area (Å²) in [5.74, 6) is 0.886. The van der Waals surface area contributed by atoms with E-state index >= 15 is 0 Å². The van der Waals surface area contributed by atoms with E-state index in [-0.39, 0.29) is 12.7 Å².